The SMILES string of the molecule is CC(C)N(Cc1nc2ccccc2[nH]1)C1CCCCC1. The molecule has 0 radical (unpaired) electrons. The van der Waals surface area contributed by atoms with Gasteiger partial charge in [-0.25, -0.2) is 4.98 Å². The van der Waals surface area contributed by atoms with Gasteiger partial charge in [0.15, 0.2) is 0 Å². The maximum atomic E-state index is 4.73. The Kier molecular flexibility index (Phi) is 4.06. The van der Waals surface area contributed by atoms with E-state index >= 15 is 0 Å². The Morgan fingerprint density at radius 2 is 1.95 bits per heavy atom. The maximum absolute atomic E-state index is 4.73. The molecule has 1 fully saturated rings. The minimum absolute atomic E-state index is 0.575. The lowest BCUT2D eigenvalue weighted by Gasteiger charge is -2.36. The highest BCUT2D eigenvalue weighted by Gasteiger charge is 2.24. The van der Waals surface area contributed by atoms with Crippen molar-refractivity contribution in [2.24, 2.45) is 0 Å². The van der Waals surface area contributed by atoms with Gasteiger partial charge in [0, 0.05) is 12.1 Å². The van der Waals surface area contributed by atoms with Crippen LogP contribution in [0.15, 0.2) is 24.3 Å². The number of rotatable bonds is 4. The van der Waals surface area contributed by atoms with Gasteiger partial charge in [-0.05, 0) is 38.8 Å². The summed E-state index contributed by atoms with van der Waals surface area (Å²) >= 11 is 0. The normalized spacial score (nSPS) is 17.4. The first-order chi connectivity index (χ1) is 9.74. The van der Waals surface area contributed by atoms with Gasteiger partial charge in [0.25, 0.3) is 0 Å². The molecule has 2 aromatic rings. The van der Waals surface area contributed by atoms with Crippen LogP contribution in [0.25, 0.3) is 11.0 Å². The minimum Gasteiger partial charge on any atom is -0.341 e. The van der Waals surface area contributed by atoms with E-state index < -0.39 is 0 Å². The van der Waals surface area contributed by atoms with E-state index in [1.807, 2.05) is 6.07 Å². The topological polar surface area (TPSA) is 31.9 Å². The number of benzene rings is 1. The monoisotopic (exact) mass is 271 g/mol. The predicted octanol–water partition coefficient (Wildman–Crippen LogP) is 4.11. The van der Waals surface area contributed by atoms with Crippen molar-refractivity contribution in [3.05, 3.63) is 30.1 Å². The van der Waals surface area contributed by atoms with Crippen molar-refractivity contribution in [1.82, 2.24) is 14.9 Å². The number of imidazole rings is 1. The van der Waals surface area contributed by atoms with Crippen LogP contribution in [0.2, 0.25) is 0 Å². The first-order valence-electron chi connectivity index (χ1n) is 7.93. The van der Waals surface area contributed by atoms with E-state index in [1.165, 1.54) is 32.1 Å². The highest BCUT2D eigenvalue weighted by atomic mass is 15.2. The fourth-order valence-electron chi connectivity index (χ4n) is 3.40. The van der Waals surface area contributed by atoms with Gasteiger partial charge in [0.1, 0.15) is 5.82 Å². The molecule has 0 amide bonds. The average Bonchev–Trinajstić information content (AvgIpc) is 2.88. The van der Waals surface area contributed by atoms with E-state index in [9.17, 15) is 0 Å². The molecule has 1 aliphatic carbocycles. The Bertz CT molecular complexity index is 519. The summed E-state index contributed by atoms with van der Waals surface area (Å²) < 4.78 is 0. The van der Waals surface area contributed by atoms with Crippen molar-refractivity contribution in [3.63, 3.8) is 0 Å². The zero-order valence-corrected chi connectivity index (χ0v) is 12.6. The van der Waals surface area contributed by atoms with Crippen molar-refractivity contribution < 1.29 is 0 Å². The first-order valence-corrected chi connectivity index (χ1v) is 7.93. The van der Waals surface area contributed by atoms with Gasteiger partial charge in [-0.1, -0.05) is 31.4 Å². The Hall–Kier alpha value is -1.35. The fraction of sp³-hybridized carbons (Fsp3) is 0.588. The van der Waals surface area contributed by atoms with Gasteiger partial charge in [-0.15, -0.1) is 0 Å². The van der Waals surface area contributed by atoms with E-state index in [0.29, 0.717) is 6.04 Å². The molecule has 3 heteroatoms. The van der Waals surface area contributed by atoms with Crippen molar-refractivity contribution in [2.75, 3.05) is 0 Å². The molecule has 1 N–H and O–H groups in total. The van der Waals surface area contributed by atoms with Gasteiger partial charge in [-0.3, -0.25) is 4.90 Å². The average molecular weight is 271 g/mol. The molecule has 1 aromatic carbocycles. The van der Waals surface area contributed by atoms with Gasteiger partial charge < -0.3 is 4.98 Å². The second-order valence-corrected chi connectivity index (χ2v) is 6.26. The quantitative estimate of drug-likeness (QED) is 0.907. The summed E-state index contributed by atoms with van der Waals surface area (Å²) in [5.74, 6) is 1.10. The smallest absolute Gasteiger partial charge is 0.121 e. The van der Waals surface area contributed by atoms with Gasteiger partial charge in [0.05, 0.1) is 17.6 Å². The first kappa shape index (κ1) is 13.6. The molecular formula is C17H25N3. The van der Waals surface area contributed by atoms with Crippen LogP contribution in [-0.4, -0.2) is 27.0 Å². The third-order valence-electron chi connectivity index (χ3n) is 4.48. The van der Waals surface area contributed by atoms with Crippen molar-refractivity contribution in [2.45, 2.75) is 64.6 Å². The minimum atomic E-state index is 0.575. The Labute approximate surface area is 121 Å². The lowest BCUT2D eigenvalue weighted by Crippen LogP contribution is -2.41. The molecule has 3 rings (SSSR count). The van der Waals surface area contributed by atoms with Crippen LogP contribution in [0.3, 0.4) is 0 Å². The van der Waals surface area contributed by atoms with Crippen molar-refractivity contribution in [3.8, 4) is 0 Å². The number of hydrogen-bond donors (Lipinski definition) is 1. The van der Waals surface area contributed by atoms with Crippen molar-refractivity contribution >= 4 is 11.0 Å². The molecule has 0 atom stereocenters. The van der Waals surface area contributed by atoms with E-state index in [1.54, 1.807) is 0 Å². The second kappa shape index (κ2) is 5.96. The van der Waals surface area contributed by atoms with Crippen LogP contribution in [0.4, 0.5) is 0 Å². The molecule has 1 heterocycles. The van der Waals surface area contributed by atoms with E-state index in [2.05, 4.69) is 41.9 Å². The summed E-state index contributed by atoms with van der Waals surface area (Å²) in [6.07, 6.45) is 6.87. The number of nitrogens with one attached hydrogen (secondary N) is 1. The molecule has 1 aromatic heterocycles. The van der Waals surface area contributed by atoms with E-state index in [4.69, 9.17) is 4.98 Å². The summed E-state index contributed by atoms with van der Waals surface area (Å²) in [5.41, 5.74) is 2.23. The third kappa shape index (κ3) is 2.88. The van der Waals surface area contributed by atoms with Gasteiger partial charge in [-0.2, -0.15) is 0 Å². The van der Waals surface area contributed by atoms with Crippen LogP contribution < -0.4 is 0 Å². The van der Waals surface area contributed by atoms with Crippen LogP contribution in [-0.2, 0) is 6.54 Å². The third-order valence-corrected chi connectivity index (χ3v) is 4.48. The number of H-pyrrole nitrogens is 1. The molecular weight excluding hydrogens is 246 g/mol. The highest BCUT2D eigenvalue weighted by molar-refractivity contribution is 5.74. The second-order valence-electron chi connectivity index (χ2n) is 6.26. The highest BCUT2D eigenvalue weighted by Crippen LogP contribution is 2.25. The van der Waals surface area contributed by atoms with Crippen LogP contribution in [0.5, 0.6) is 0 Å². The number of aromatic nitrogens is 2. The summed E-state index contributed by atoms with van der Waals surface area (Å²) in [6, 6.07) is 9.60. The molecule has 0 bridgehead atoms. The maximum Gasteiger partial charge on any atom is 0.121 e. The zero-order chi connectivity index (χ0) is 13.9. The molecule has 20 heavy (non-hydrogen) atoms. The van der Waals surface area contributed by atoms with Crippen LogP contribution in [0.1, 0.15) is 51.8 Å². The van der Waals surface area contributed by atoms with Crippen LogP contribution >= 0.6 is 0 Å². The Morgan fingerprint density at radius 3 is 2.65 bits per heavy atom. The fourth-order valence-corrected chi connectivity index (χ4v) is 3.40. The molecule has 108 valence electrons. The van der Waals surface area contributed by atoms with Gasteiger partial charge >= 0.3 is 0 Å². The molecule has 1 saturated carbocycles. The van der Waals surface area contributed by atoms with Crippen LogP contribution in [0, 0.1) is 0 Å². The lowest BCUT2D eigenvalue weighted by molar-refractivity contribution is 0.109. The Morgan fingerprint density at radius 1 is 1.20 bits per heavy atom. The van der Waals surface area contributed by atoms with Crippen molar-refractivity contribution in [1.29, 1.82) is 0 Å². The molecule has 0 saturated heterocycles. The number of fused-ring (bicyclic) bond motifs is 1. The summed E-state index contributed by atoms with van der Waals surface area (Å²) in [4.78, 5) is 10.8. The molecule has 0 spiro atoms. The molecule has 0 aliphatic heterocycles. The predicted molar refractivity (Wildman–Crippen MR) is 83.6 cm³/mol. The summed E-state index contributed by atoms with van der Waals surface area (Å²) in [5, 5.41) is 0. The standard InChI is InChI=1S/C17H25N3/c1-13(2)20(14-8-4-3-5-9-14)12-17-18-15-10-6-7-11-16(15)19-17/h6-7,10-11,13-14H,3-5,8-9,12H2,1-2H3,(H,18,19). The largest absolute Gasteiger partial charge is 0.341 e. The van der Waals surface area contributed by atoms with Gasteiger partial charge in [0.2, 0.25) is 0 Å². The number of nitrogens with zero attached hydrogens (tertiary/aromatic N) is 2. The molecule has 3 nitrogen and oxygen atoms in total. The summed E-state index contributed by atoms with van der Waals surface area (Å²) in [6.45, 7) is 5.55. The zero-order valence-electron chi connectivity index (χ0n) is 12.6. The Balaban J connectivity index is 1.78. The number of hydrogen-bond acceptors (Lipinski definition) is 2. The summed E-state index contributed by atoms with van der Waals surface area (Å²) in [7, 11) is 0. The van der Waals surface area contributed by atoms with E-state index in [-0.39, 0.29) is 0 Å². The van der Waals surface area contributed by atoms with E-state index in [0.717, 1.165) is 29.4 Å². The number of aromatic amines is 1. The molecule has 0 unspecified atom stereocenters. The number of para-hydroxylation sites is 2. The molecule has 1 aliphatic rings. The lowest BCUT2D eigenvalue weighted by atomic mass is 9.93.